The Morgan fingerprint density at radius 1 is 1.10 bits per heavy atom. The van der Waals surface area contributed by atoms with Crippen LogP contribution >= 0.6 is 0 Å². The van der Waals surface area contributed by atoms with Gasteiger partial charge in [0.05, 0.1) is 30.5 Å². The predicted molar refractivity (Wildman–Crippen MR) is 160 cm³/mol. The van der Waals surface area contributed by atoms with E-state index in [4.69, 9.17) is 4.74 Å². The van der Waals surface area contributed by atoms with Gasteiger partial charge in [0.15, 0.2) is 0 Å². The van der Waals surface area contributed by atoms with Gasteiger partial charge in [-0.05, 0) is 23.3 Å². The van der Waals surface area contributed by atoms with Crippen LogP contribution in [0, 0.1) is 0 Å². The largest absolute Gasteiger partial charge is 0.412 e. The Labute approximate surface area is 239 Å². The maximum Gasteiger partial charge on any atom is 0.239 e. The van der Waals surface area contributed by atoms with Gasteiger partial charge in [-0.25, -0.2) is 13.5 Å². The summed E-state index contributed by atoms with van der Waals surface area (Å²) in [7, 11) is 2.84. The lowest BCUT2D eigenvalue weighted by Gasteiger charge is -2.38. The lowest BCUT2D eigenvalue weighted by atomic mass is 10.2. The molecule has 1 aliphatic heterocycles. The number of ether oxygens (including phenoxy) is 1. The van der Waals surface area contributed by atoms with Crippen molar-refractivity contribution in [3.63, 3.8) is 0 Å². The van der Waals surface area contributed by atoms with Crippen LogP contribution in [0.4, 0.5) is 5.69 Å². The van der Waals surface area contributed by atoms with Gasteiger partial charge in [-0.3, -0.25) is 9.69 Å². The van der Waals surface area contributed by atoms with E-state index in [-0.39, 0.29) is 11.4 Å². The summed E-state index contributed by atoms with van der Waals surface area (Å²) in [6.45, 7) is 4.97. The molecule has 218 valence electrons. The lowest BCUT2D eigenvalue weighted by molar-refractivity contribution is -0.126. The molecule has 1 aromatic heterocycles. The first-order chi connectivity index (χ1) is 18.9. The SMILES string of the molecule is CN(C)c1ccc(Cn2cncc2CCNC(=O)C2CN(CCOCc3ccccc3)CCN2S(C)=O)cc1.O. The van der Waals surface area contributed by atoms with E-state index in [1.807, 2.05) is 57.0 Å². The van der Waals surface area contributed by atoms with Crippen LogP contribution in [-0.4, -0.2) is 100 Å². The Hall–Kier alpha value is -3.09. The molecule has 0 saturated carbocycles. The van der Waals surface area contributed by atoms with Crippen molar-refractivity contribution in [2.24, 2.45) is 0 Å². The van der Waals surface area contributed by atoms with Gasteiger partial charge in [0.25, 0.3) is 0 Å². The average Bonchev–Trinajstić information content (AvgIpc) is 3.38. The van der Waals surface area contributed by atoms with Gasteiger partial charge in [-0.15, -0.1) is 0 Å². The van der Waals surface area contributed by atoms with Crippen molar-refractivity contribution in [3.05, 3.63) is 83.9 Å². The van der Waals surface area contributed by atoms with Crippen LogP contribution in [0.3, 0.4) is 0 Å². The van der Waals surface area contributed by atoms with Crippen LogP contribution in [0.25, 0.3) is 0 Å². The van der Waals surface area contributed by atoms with Crippen molar-refractivity contribution in [1.82, 2.24) is 24.1 Å². The van der Waals surface area contributed by atoms with E-state index in [9.17, 15) is 9.00 Å². The maximum absolute atomic E-state index is 13.2. The molecule has 40 heavy (non-hydrogen) atoms. The fourth-order valence-electron chi connectivity index (χ4n) is 4.73. The van der Waals surface area contributed by atoms with Gasteiger partial charge in [0.1, 0.15) is 6.04 Å². The molecule has 3 aromatic rings. The van der Waals surface area contributed by atoms with E-state index < -0.39 is 17.0 Å². The van der Waals surface area contributed by atoms with Gasteiger partial charge >= 0.3 is 0 Å². The Morgan fingerprint density at radius 3 is 2.55 bits per heavy atom. The minimum atomic E-state index is -1.22. The Kier molecular flexibility index (Phi) is 12.3. The Bertz CT molecular complexity index is 1200. The number of benzene rings is 2. The molecule has 1 amide bonds. The van der Waals surface area contributed by atoms with Crippen LogP contribution in [0.1, 0.15) is 16.8 Å². The molecule has 0 aliphatic carbocycles. The first-order valence-corrected chi connectivity index (χ1v) is 14.9. The number of hydrogen-bond donors (Lipinski definition) is 1. The van der Waals surface area contributed by atoms with E-state index in [0.29, 0.717) is 39.3 Å². The van der Waals surface area contributed by atoms with Crippen molar-refractivity contribution in [2.75, 3.05) is 64.6 Å². The molecular weight excluding hydrogens is 528 g/mol. The first-order valence-electron chi connectivity index (χ1n) is 13.4. The molecule has 0 bridgehead atoms. The lowest BCUT2D eigenvalue weighted by Crippen LogP contribution is -2.59. The second kappa shape index (κ2) is 15.6. The molecule has 2 heterocycles. The number of nitrogens with one attached hydrogen (secondary N) is 1. The summed E-state index contributed by atoms with van der Waals surface area (Å²) in [5, 5.41) is 3.08. The summed E-state index contributed by atoms with van der Waals surface area (Å²) in [5.41, 5.74) is 4.56. The summed E-state index contributed by atoms with van der Waals surface area (Å²) in [5.74, 6) is -0.0922. The minimum absolute atomic E-state index is 0. The third-order valence-electron chi connectivity index (χ3n) is 7.00. The summed E-state index contributed by atoms with van der Waals surface area (Å²) in [6, 6.07) is 18.1. The molecule has 2 atom stereocenters. The number of aromatic nitrogens is 2. The standard InChI is InChI=1S/C29H40N6O3S.H2O/c1-32(2)26-11-9-24(10-12-26)20-34-23-30-19-27(34)13-14-31-29(36)28-21-33(15-16-35(28)39(3)37)17-18-38-22-25-7-5-4-6-8-25;/h4-12,19,23,28H,13-18,20-22H2,1-3H3,(H,31,36);1H2. The fourth-order valence-corrected chi connectivity index (χ4v) is 5.59. The number of hydrogen-bond acceptors (Lipinski definition) is 6. The summed E-state index contributed by atoms with van der Waals surface area (Å²) in [6.07, 6.45) is 5.99. The quantitative estimate of drug-likeness (QED) is 0.310. The molecule has 4 rings (SSSR count). The molecule has 2 unspecified atom stereocenters. The number of rotatable bonds is 13. The molecule has 0 radical (unpaired) electrons. The first kappa shape index (κ1) is 31.4. The summed E-state index contributed by atoms with van der Waals surface area (Å²) >= 11 is 0. The summed E-state index contributed by atoms with van der Waals surface area (Å²) in [4.78, 5) is 21.8. The normalized spacial score (nSPS) is 16.7. The van der Waals surface area contributed by atoms with E-state index in [1.54, 1.807) is 10.6 Å². The van der Waals surface area contributed by atoms with Crippen molar-refractivity contribution in [1.29, 1.82) is 0 Å². The molecule has 2 aromatic carbocycles. The van der Waals surface area contributed by atoms with Crippen molar-refractivity contribution in [3.8, 4) is 0 Å². The molecule has 1 fully saturated rings. The second-order valence-electron chi connectivity index (χ2n) is 10.0. The molecule has 1 saturated heterocycles. The van der Waals surface area contributed by atoms with Crippen LogP contribution in [0.5, 0.6) is 0 Å². The number of anilines is 1. The fraction of sp³-hybridized carbons (Fsp3) is 0.448. The topological polar surface area (TPSA) is 114 Å². The van der Waals surface area contributed by atoms with Gasteiger partial charge < -0.3 is 25.0 Å². The number of imidazole rings is 1. The van der Waals surface area contributed by atoms with Crippen molar-refractivity contribution < 1.29 is 19.2 Å². The van der Waals surface area contributed by atoms with Crippen LogP contribution in [0.2, 0.25) is 0 Å². The third kappa shape index (κ3) is 8.97. The second-order valence-corrected chi connectivity index (χ2v) is 11.4. The van der Waals surface area contributed by atoms with Crippen LogP contribution < -0.4 is 10.2 Å². The third-order valence-corrected chi connectivity index (χ3v) is 8.09. The number of amides is 1. The van der Waals surface area contributed by atoms with Gasteiger partial charge in [0.2, 0.25) is 5.91 Å². The highest BCUT2D eigenvalue weighted by Gasteiger charge is 2.34. The Balaban J connectivity index is 0.00000441. The zero-order valence-electron chi connectivity index (χ0n) is 23.7. The molecule has 3 N–H and O–H groups in total. The van der Waals surface area contributed by atoms with E-state index in [2.05, 4.69) is 48.9 Å². The van der Waals surface area contributed by atoms with Gasteiger partial charge in [0, 0.05) is 83.6 Å². The Morgan fingerprint density at radius 2 is 1.85 bits per heavy atom. The van der Waals surface area contributed by atoms with Crippen molar-refractivity contribution in [2.45, 2.75) is 25.6 Å². The highest BCUT2D eigenvalue weighted by atomic mass is 32.2. The van der Waals surface area contributed by atoms with Gasteiger partial charge in [-0.2, -0.15) is 0 Å². The zero-order chi connectivity index (χ0) is 27.6. The number of carbonyl (C=O) groups is 1. The van der Waals surface area contributed by atoms with Crippen LogP contribution in [0.15, 0.2) is 67.1 Å². The highest BCUT2D eigenvalue weighted by Crippen LogP contribution is 2.15. The smallest absolute Gasteiger partial charge is 0.239 e. The maximum atomic E-state index is 13.2. The van der Waals surface area contributed by atoms with E-state index in [1.165, 1.54) is 5.56 Å². The highest BCUT2D eigenvalue weighted by molar-refractivity contribution is 7.81. The molecule has 1 aliphatic rings. The molecule has 11 heteroatoms. The van der Waals surface area contributed by atoms with E-state index >= 15 is 0 Å². The molecular formula is C29H42N6O4S. The monoisotopic (exact) mass is 570 g/mol. The molecule has 10 nitrogen and oxygen atoms in total. The predicted octanol–water partition coefficient (Wildman–Crippen LogP) is 1.33. The minimum Gasteiger partial charge on any atom is -0.412 e. The zero-order valence-corrected chi connectivity index (χ0v) is 24.5. The van der Waals surface area contributed by atoms with Gasteiger partial charge in [-0.1, -0.05) is 42.5 Å². The van der Waals surface area contributed by atoms with E-state index in [0.717, 1.165) is 36.6 Å². The molecule has 0 spiro atoms. The average molecular weight is 571 g/mol. The number of piperazine rings is 1. The van der Waals surface area contributed by atoms with Crippen molar-refractivity contribution >= 4 is 22.6 Å². The van der Waals surface area contributed by atoms with Crippen LogP contribution in [-0.2, 0) is 40.1 Å². The summed E-state index contributed by atoms with van der Waals surface area (Å²) < 4.78 is 22.1. The number of nitrogens with zero attached hydrogens (tertiary/aromatic N) is 5. The number of carbonyl (C=O) groups excluding carboxylic acids is 1.